The third-order valence-electron chi connectivity index (χ3n) is 3.92. The summed E-state index contributed by atoms with van der Waals surface area (Å²) in [4.78, 5) is 27.7. The van der Waals surface area contributed by atoms with E-state index >= 15 is 0 Å². The average Bonchev–Trinajstić information content (AvgIpc) is 2.99. The van der Waals surface area contributed by atoms with Crippen LogP contribution in [0.25, 0.3) is 0 Å². The van der Waals surface area contributed by atoms with Crippen molar-refractivity contribution in [1.82, 2.24) is 15.5 Å². The standard InChI is InChI=1S/C18H24ClN3O3S/c1-4-9-22(10-12-7-8-15(19)26-12)11-14-16(17(23)25-6-3)13(5-2)20-18(24)21-14/h4,7-8,13H,1,5-6,9-11H2,2-3H3,(H2,20,21,24). The van der Waals surface area contributed by atoms with Crippen LogP contribution in [0.15, 0.2) is 36.1 Å². The van der Waals surface area contributed by atoms with Crippen LogP contribution in [0, 0.1) is 0 Å². The van der Waals surface area contributed by atoms with E-state index in [1.54, 1.807) is 13.0 Å². The Morgan fingerprint density at radius 1 is 1.42 bits per heavy atom. The number of esters is 1. The summed E-state index contributed by atoms with van der Waals surface area (Å²) < 4.78 is 5.93. The van der Waals surface area contributed by atoms with Crippen molar-refractivity contribution in [3.05, 3.63) is 45.3 Å². The molecule has 1 aliphatic heterocycles. The predicted molar refractivity (Wildman–Crippen MR) is 104 cm³/mol. The number of carbonyl (C=O) groups is 2. The second-order valence-electron chi connectivity index (χ2n) is 5.84. The first kappa shape index (κ1) is 20.5. The van der Waals surface area contributed by atoms with Crippen molar-refractivity contribution in [2.45, 2.75) is 32.9 Å². The van der Waals surface area contributed by atoms with E-state index in [2.05, 4.69) is 22.1 Å². The number of nitrogens with zero attached hydrogens (tertiary/aromatic N) is 1. The van der Waals surface area contributed by atoms with Gasteiger partial charge in [0.2, 0.25) is 0 Å². The number of ether oxygens (including phenoxy) is 1. The SMILES string of the molecule is C=CCN(CC1=C(C(=O)OCC)C(CC)NC(=O)N1)Cc1ccc(Cl)s1. The van der Waals surface area contributed by atoms with Crippen LogP contribution in [0.2, 0.25) is 4.34 Å². The Labute approximate surface area is 162 Å². The molecule has 2 amide bonds. The molecule has 26 heavy (non-hydrogen) atoms. The first-order chi connectivity index (χ1) is 12.5. The smallest absolute Gasteiger partial charge is 0.337 e. The van der Waals surface area contributed by atoms with Crippen LogP contribution in [0.5, 0.6) is 0 Å². The molecule has 0 fully saturated rings. The Morgan fingerprint density at radius 2 is 2.19 bits per heavy atom. The maximum absolute atomic E-state index is 12.5. The minimum atomic E-state index is -0.403. The Bertz CT molecular complexity index is 702. The number of rotatable bonds is 9. The summed E-state index contributed by atoms with van der Waals surface area (Å²) in [6, 6.07) is 3.16. The molecule has 1 aromatic heterocycles. The van der Waals surface area contributed by atoms with Crippen LogP contribution >= 0.6 is 22.9 Å². The Balaban J connectivity index is 2.29. The third-order valence-corrected chi connectivity index (χ3v) is 5.14. The summed E-state index contributed by atoms with van der Waals surface area (Å²) in [5, 5.41) is 5.56. The van der Waals surface area contributed by atoms with Gasteiger partial charge in [-0.15, -0.1) is 17.9 Å². The molecular formula is C18H24ClN3O3S. The summed E-state index contributed by atoms with van der Waals surface area (Å²) in [5.41, 5.74) is 1.05. The van der Waals surface area contributed by atoms with E-state index in [4.69, 9.17) is 16.3 Å². The number of hydrogen-bond donors (Lipinski definition) is 2. The Morgan fingerprint density at radius 3 is 2.77 bits per heavy atom. The van der Waals surface area contributed by atoms with Gasteiger partial charge in [-0.25, -0.2) is 9.59 Å². The average molecular weight is 398 g/mol. The highest BCUT2D eigenvalue weighted by atomic mass is 35.5. The van der Waals surface area contributed by atoms with Crippen molar-refractivity contribution >= 4 is 34.9 Å². The van der Waals surface area contributed by atoms with Crippen molar-refractivity contribution in [3.8, 4) is 0 Å². The van der Waals surface area contributed by atoms with Gasteiger partial charge in [-0.3, -0.25) is 4.90 Å². The molecule has 1 atom stereocenters. The van der Waals surface area contributed by atoms with E-state index in [1.165, 1.54) is 11.3 Å². The maximum atomic E-state index is 12.5. The summed E-state index contributed by atoms with van der Waals surface area (Å²) in [6.45, 7) is 9.41. The van der Waals surface area contributed by atoms with Crippen molar-refractivity contribution in [2.24, 2.45) is 0 Å². The van der Waals surface area contributed by atoms with E-state index in [1.807, 2.05) is 19.1 Å². The van der Waals surface area contributed by atoms with Gasteiger partial charge in [0.15, 0.2) is 0 Å². The monoisotopic (exact) mass is 397 g/mol. The maximum Gasteiger partial charge on any atom is 0.337 e. The highest BCUT2D eigenvalue weighted by molar-refractivity contribution is 7.16. The molecule has 2 heterocycles. The lowest BCUT2D eigenvalue weighted by atomic mass is 10.00. The molecule has 142 valence electrons. The van der Waals surface area contributed by atoms with Crippen LogP contribution in [0.1, 0.15) is 25.1 Å². The van der Waals surface area contributed by atoms with E-state index in [0.29, 0.717) is 37.3 Å². The number of urea groups is 1. The first-order valence-electron chi connectivity index (χ1n) is 8.53. The lowest BCUT2D eigenvalue weighted by molar-refractivity contribution is -0.139. The lowest BCUT2D eigenvalue weighted by Gasteiger charge is -2.31. The second kappa shape index (κ2) is 9.75. The van der Waals surface area contributed by atoms with Crippen LogP contribution < -0.4 is 10.6 Å². The molecule has 0 spiro atoms. The fourth-order valence-corrected chi connectivity index (χ4v) is 3.96. The van der Waals surface area contributed by atoms with Gasteiger partial charge in [0.05, 0.1) is 22.6 Å². The van der Waals surface area contributed by atoms with E-state index in [-0.39, 0.29) is 18.7 Å². The van der Waals surface area contributed by atoms with Gasteiger partial charge >= 0.3 is 12.0 Å². The fourth-order valence-electron chi connectivity index (χ4n) is 2.83. The highest BCUT2D eigenvalue weighted by Gasteiger charge is 2.32. The zero-order chi connectivity index (χ0) is 19.1. The Hall–Kier alpha value is -1.83. The molecule has 0 saturated carbocycles. The molecule has 1 unspecified atom stereocenters. The molecule has 2 N–H and O–H groups in total. The van der Waals surface area contributed by atoms with Crippen molar-refractivity contribution in [1.29, 1.82) is 0 Å². The van der Waals surface area contributed by atoms with Crippen molar-refractivity contribution in [2.75, 3.05) is 19.7 Å². The number of amides is 2. The van der Waals surface area contributed by atoms with E-state index in [9.17, 15) is 9.59 Å². The van der Waals surface area contributed by atoms with Crippen LogP contribution in [-0.4, -0.2) is 42.6 Å². The minimum Gasteiger partial charge on any atom is -0.463 e. The topological polar surface area (TPSA) is 70.7 Å². The van der Waals surface area contributed by atoms with Crippen LogP contribution in [0.4, 0.5) is 4.79 Å². The molecule has 6 nitrogen and oxygen atoms in total. The van der Waals surface area contributed by atoms with Gasteiger partial charge in [0.25, 0.3) is 0 Å². The molecule has 8 heteroatoms. The van der Waals surface area contributed by atoms with Gasteiger partial charge in [-0.1, -0.05) is 24.6 Å². The van der Waals surface area contributed by atoms with Crippen LogP contribution in [-0.2, 0) is 16.1 Å². The van der Waals surface area contributed by atoms with Crippen molar-refractivity contribution < 1.29 is 14.3 Å². The van der Waals surface area contributed by atoms with E-state index < -0.39 is 5.97 Å². The van der Waals surface area contributed by atoms with Gasteiger partial charge in [0.1, 0.15) is 0 Å². The predicted octanol–water partition coefficient (Wildman–Crippen LogP) is 3.30. The molecule has 1 aromatic rings. The number of carbonyl (C=O) groups excluding carboxylic acids is 2. The normalized spacial score (nSPS) is 17.1. The number of thiophene rings is 1. The number of hydrogen-bond acceptors (Lipinski definition) is 5. The Kier molecular flexibility index (Phi) is 7.68. The summed E-state index contributed by atoms with van der Waals surface area (Å²) in [5.74, 6) is -0.403. The number of nitrogens with one attached hydrogen (secondary N) is 2. The van der Waals surface area contributed by atoms with Crippen molar-refractivity contribution in [3.63, 3.8) is 0 Å². The molecular weight excluding hydrogens is 374 g/mol. The lowest BCUT2D eigenvalue weighted by Crippen LogP contribution is -2.52. The quantitative estimate of drug-likeness (QED) is 0.495. The third kappa shape index (κ3) is 5.33. The largest absolute Gasteiger partial charge is 0.463 e. The summed E-state index contributed by atoms with van der Waals surface area (Å²) in [6.07, 6.45) is 2.40. The molecule has 2 rings (SSSR count). The van der Waals surface area contributed by atoms with Gasteiger partial charge in [0, 0.05) is 30.2 Å². The van der Waals surface area contributed by atoms with Gasteiger partial charge < -0.3 is 15.4 Å². The summed E-state index contributed by atoms with van der Waals surface area (Å²) in [7, 11) is 0. The van der Waals surface area contributed by atoms with Crippen LogP contribution in [0.3, 0.4) is 0 Å². The molecule has 1 aliphatic rings. The zero-order valence-electron chi connectivity index (χ0n) is 15.0. The summed E-state index contributed by atoms with van der Waals surface area (Å²) >= 11 is 7.52. The van der Waals surface area contributed by atoms with E-state index in [0.717, 1.165) is 9.21 Å². The fraction of sp³-hybridized carbons (Fsp3) is 0.444. The molecule has 0 radical (unpaired) electrons. The minimum absolute atomic E-state index is 0.282. The molecule has 0 aromatic carbocycles. The number of halogens is 1. The molecule has 0 saturated heterocycles. The first-order valence-corrected chi connectivity index (χ1v) is 9.73. The van der Waals surface area contributed by atoms with Gasteiger partial charge in [-0.05, 0) is 25.5 Å². The highest BCUT2D eigenvalue weighted by Crippen LogP contribution is 2.24. The molecule has 0 bridgehead atoms. The second-order valence-corrected chi connectivity index (χ2v) is 7.64. The zero-order valence-corrected chi connectivity index (χ0v) is 16.6. The molecule has 0 aliphatic carbocycles. The van der Waals surface area contributed by atoms with Gasteiger partial charge in [-0.2, -0.15) is 0 Å².